The molecular weight excluding hydrogens is 412 g/mol. The molecule has 0 bridgehead atoms. The molecule has 5 nitrogen and oxygen atoms in total. The van der Waals surface area contributed by atoms with Gasteiger partial charge in [0.1, 0.15) is 11.9 Å². The molecule has 1 saturated carbocycles. The average Bonchev–Trinajstić information content (AvgIpc) is 2.82. The zero-order valence-electron chi connectivity index (χ0n) is 17.9. The Bertz CT molecular complexity index is 959. The Balaban J connectivity index is 1.63. The van der Waals surface area contributed by atoms with E-state index in [2.05, 4.69) is 0 Å². The molecule has 0 saturated heterocycles. The molecular formula is C25H30O5S. The lowest BCUT2D eigenvalue weighted by molar-refractivity contribution is 0.00877. The van der Waals surface area contributed by atoms with Gasteiger partial charge in [-0.25, -0.2) is 13.2 Å². The van der Waals surface area contributed by atoms with E-state index in [0.29, 0.717) is 23.7 Å². The third kappa shape index (κ3) is 6.69. The van der Waals surface area contributed by atoms with E-state index in [9.17, 15) is 13.2 Å². The van der Waals surface area contributed by atoms with Gasteiger partial charge in [0, 0.05) is 6.42 Å². The van der Waals surface area contributed by atoms with Crippen LogP contribution in [0.3, 0.4) is 0 Å². The van der Waals surface area contributed by atoms with Crippen LogP contribution in [0.25, 0.3) is 0 Å². The van der Waals surface area contributed by atoms with Crippen LogP contribution >= 0.6 is 0 Å². The van der Waals surface area contributed by atoms with Crippen LogP contribution in [0.5, 0.6) is 5.75 Å². The highest BCUT2D eigenvalue weighted by atomic mass is 32.2. The minimum absolute atomic E-state index is 0.0939. The van der Waals surface area contributed by atoms with Gasteiger partial charge < -0.3 is 9.47 Å². The molecule has 1 fully saturated rings. The van der Waals surface area contributed by atoms with E-state index in [1.165, 1.54) is 6.42 Å². The highest BCUT2D eigenvalue weighted by Crippen LogP contribution is 2.30. The molecule has 2 aromatic carbocycles. The standard InChI is InChI=1S/C25H30O5S/c1-29-22-15-17-23(18-16-22)31(27,28)19-9-8-14-24(20-10-4-2-5-11-20)30-25(26)21-12-6-3-7-13-21/h3,6-9,12-13,15-18,20,24H,2,4-5,10-11,14,19H2,1H3/b9-8+. The molecule has 0 aromatic heterocycles. The summed E-state index contributed by atoms with van der Waals surface area (Å²) in [7, 11) is -1.88. The predicted octanol–water partition coefficient (Wildman–Crippen LogP) is 5.22. The zero-order chi connectivity index (χ0) is 22.1. The number of benzene rings is 2. The molecule has 0 spiro atoms. The molecule has 31 heavy (non-hydrogen) atoms. The van der Waals surface area contributed by atoms with E-state index in [-0.39, 0.29) is 22.7 Å². The lowest BCUT2D eigenvalue weighted by atomic mass is 9.84. The summed E-state index contributed by atoms with van der Waals surface area (Å²) in [4.78, 5) is 12.8. The van der Waals surface area contributed by atoms with Crippen molar-refractivity contribution < 1.29 is 22.7 Å². The third-order valence-electron chi connectivity index (χ3n) is 5.71. The fourth-order valence-electron chi connectivity index (χ4n) is 3.93. The van der Waals surface area contributed by atoms with Crippen molar-refractivity contribution in [1.29, 1.82) is 0 Å². The van der Waals surface area contributed by atoms with Gasteiger partial charge in [-0.2, -0.15) is 0 Å². The van der Waals surface area contributed by atoms with E-state index < -0.39 is 9.84 Å². The summed E-state index contributed by atoms with van der Waals surface area (Å²) in [5.74, 6) is 0.508. The first-order chi connectivity index (χ1) is 15.0. The Morgan fingerprint density at radius 1 is 1.00 bits per heavy atom. The number of ether oxygens (including phenoxy) is 2. The fraction of sp³-hybridized carbons (Fsp3) is 0.400. The summed E-state index contributed by atoms with van der Waals surface area (Å²) < 4.78 is 36.1. The lowest BCUT2D eigenvalue weighted by Crippen LogP contribution is -2.28. The van der Waals surface area contributed by atoms with Gasteiger partial charge in [0.05, 0.1) is 23.3 Å². The SMILES string of the molecule is COc1ccc(S(=O)(=O)C/C=C/CC(OC(=O)c2ccccc2)C2CCCCC2)cc1. The van der Waals surface area contributed by atoms with Gasteiger partial charge in [-0.05, 0) is 55.2 Å². The molecule has 3 rings (SSSR count). The molecule has 1 atom stereocenters. The molecule has 0 heterocycles. The number of rotatable bonds is 9. The first-order valence-electron chi connectivity index (χ1n) is 10.8. The number of hydrogen-bond donors (Lipinski definition) is 0. The summed E-state index contributed by atoms with van der Waals surface area (Å²) in [6, 6.07) is 15.4. The Labute approximate surface area is 185 Å². The monoisotopic (exact) mass is 442 g/mol. The van der Waals surface area contributed by atoms with Gasteiger partial charge in [0.2, 0.25) is 0 Å². The molecule has 6 heteroatoms. The number of esters is 1. The Morgan fingerprint density at radius 2 is 1.68 bits per heavy atom. The van der Waals surface area contributed by atoms with Gasteiger partial charge in [0.15, 0.2) is 9.84 Å². The predicted molar refractivity (Wildman–Crippen MR) is 121 cm³/mol. The van der Waals surface area contributed by atoms with Crippen molar-refractivity contribution in [2.45, 2.75) is 49.5 Å². The van der Waals surface area contributed by atoms with Crippen molar-refractivity contribution in [2.75, 3.05) is 12.9 Å². The maximum absolute atomic E-state index is 12.6. The van der Waals surface area contributed by atoms with Gasteiger partial charge >= 0.3 is 5.97 Å². The Hall–Kier alpha value is -2.60. The molecule has 1 aliphatic rings. The second kappa shape index (κ2) is 11.1. The molecule has 0 N–H and O–H groups in total. The van der Waals surface area contributed by atoms with Gasteiger partial charge in [-0.1, -0.05) is 49.6 Å². The van der Waals surface area contributed by atoms with Crippen LogP contribution < -0.4 is 4.74 Å². The molecule has 0 radical (unpaired) electrons. The number of carbonyl (C=O) groups excluding carboxylic acids is 1. The van der Waals surface area contributed by atoms with Crippen LogP contribution in [0, 0.1) is 5.92 Å². The summed E-state index contributed by atoms with van der Waals surface area (Å²) in [6.45, 7) is 0. The largest absolute Gasteiger partial charge is 0.497 e. The minimum Gasteiger partial charge on any atom is -0.497 e. The number of carbonyl (C=O) groups is 1. The highest BCUT2D eigenvalue weighted by molar-refractivity contribution is 7.91. The van der Waals surface area contributed by atoms with Crippen LogP contribution in [0.4, 0.5) is 0 Å². The molecule has 0 amide bonds. The average molecular weight is 443 g/mol. The van der Waals surface area contributed by atoms with Crippen molar-refractivity contribution >= 4 is 15.8 Å². The van der Waals surface area contributed by atoms with Crippen molar-refractivity contribution in [1.82, 2.24) is 0 Å². The van der Waals surface area contributed by atoms with Gasteiger partial charge in [-0.15, -0.1) is 0 Å². The maximum Gasteiger partial charge on any atom is 0.338 e. The highest BCUT2D eigenvalue weighted by Gasteiger charge is 2.26. The second-order valence-corrected chi connectivity index (χ2v) is 9.91. The Kier molecular flexibility index (Phi) is 8.29. The quantitative estimate of drug-likeness (QED) is 0.393. The van der Waals surface area contributed by atoms with Crippen molar-refractivity contribution in [2.24, 2.45) is 5.92 Å². The zero-order valence-corrected chi connectivity index (χ0v) is 18.7. The van der Waals surface area contributed by atoms with E-state index in [1.54, 1.807) is 49.6 Å². The van der Waals surface area contributed by atoms with Crippen LogP contribution in [-0.2, 0) is 14.6 Å². The van der Waals surface area contributed by atoms with Crippen molar-refractivity contribution in [3.8, 4) is 5.75 Å². The third-order valence-corrected chi connectivity index (χ3v) is 7.33. The summed E-state index contributed by atoms with van der Waals surface area (Å²) in [6.07, 6.45) is 9.32. The summed E-state index contributed by atoms with van der Waals surface area (Å²) in [5, 5.41) is 0. The maximum atomic E-state index is 12.6. The van der Waals surface area contributed by atoms with E-state index in [4.69, 9.17) is 9.47 Å². The first kappa shape index (κ1) is 23.1. The van der Waals surface area contributed by atoms with Crippen LogP contribution in [-0.4, -0.2) is 33.4 Å². The lowest BCUT2D eigenvalue weighted by Gasteiger charge is -2.29. The second-order valence-electron chi connectivity index (χ2n) is 7.87. The molecule has 0 aliphatic heterocycles. The molecule has 1 unspecified atom stereocenters. The number of methoxy groups -OCH3 is 1. The molecule has 1 aliphatic carbocycles. The van der Waals surface area contributed by atoms with Crippen LogP contribution in [0.2, 0.25) is 0 Å². The normalized spacial score (nSPS) is 16.2. The van der Waals surface area contributed by atoms with Gasteiger partial charge in [0.25, 0.3) is 0 Å². The van der Waals surface area contributed by atoms with Crippen LogP contribution in [0.15, 0.2) is 71.6 Å². The number of sulfone groups is 1. The number of hydrogen-bond acceptors (Lipinski definition) is 5. The van der Waals surface area contributed by atoms with E-state index in [0.717, 1.165) is 25.7 Å². The summed E-state index contributed by atoms with van der Waals surface area (Å²) in [5.41, 5.74) is 0.536. The van der Waals surface area contributed by atoms with Gasteiger partial charge in [-0.3, -0.25) is 0 Å². The van der Waals surface area contributed by atoms with Crippen molar-refractivity contribution in [3.63, 3.8) is 0 Å². The minimum atomic E-state index is -3.42. The van der Waals surface area contributed by atoms with Crippen LogP contribution in [0.1, 0.15) is 48.9 Å². The smallest absolute Gasteiger partial charge is 0.338 e. The molecule has 2 aromatic rings. The molecule has 166 valence electrons. The van der Waals surface area contributed by atoms with Crippen molar-refractivity contribution in [3.05, 3.63) is 72.3 Å². The first-order valence-corrected chi connectivity index (χ1v) is 12.4. The van der Waals surface area contributed by atoms with E-state index in [1.807, 2.05) is 24.3 Å². The summed E-state index contributed by atoms with van der Waals surface area (Å²) >= 11 is 0. The van der Waals surface area contributed by atoms with E-state index >= 15 is 0 Å². The fourth-order valence-corrected chi connectivity index (χ4v) is 5.06. The Morgan fingerprint density at radius 3 is 2.32 bits per heavy atom. The topological polar surface area (TPSA) is 69.7 Å².